The highest BCUT2D eigenvalue weighted by molar-refractivity contribution is 6.21. The third kappa shape index (κ3) is 4.07. The number of hydrogen-bond acceptors (Lipinski definition) is 7. The maximum atomic E-state index is 12.4. The molecule has 2 amide bonds. The number of hydrogen-bond donors (Lipinski definition) is 0. The third-order valence-electron chi connectivity index (χ3n) is 4.81. The van der Waals surface area contributed by atoms with E-state index in [2.05, 4.69) is 0 Å². The van der Waals surface area contributed by atoms with Crippen molar-refractivity contribution in [3.8, 4) is 17.2 Å². The van der Waals surface area contributed by atoms with Gasteiger partial charge in [-0.2, -0.15) is 0 Å². The van der Waals surface area contributed by atoms with Crippen LogP contribution in [0, 0.1) is 0 Å². The molecule has 0 unspecified atom stereocenters. The third-order valence-corrected chi connectivity index (χ3v) is 4.81. The second-order valence-electron chi connectivity index (χ2n) is 6.56. The molecule has 1 heterocycles. The summed E-state index contributed by atoms with van der Waals surface area (Å²) in [4.78, 5) is 38.3. The van der Waals surface area contributed by atoms with Crippen molar-refractivity contribution in [2.75, 3.05) is 34.5 Å². The summed E-state index contributed by atoms with van der Waals surface area (Å²) in [5.41, 5.74) is 1.07. The monoisotopic (exact) mass is 413 g/mol. The van der Waals surface area contributed by atoms with Crippen LogP contribution in [0.5, 0.6) is 17.2 Å². The standard InChI is InChI=1S/C22H23NO7/c1-27-17-13-19(29-3)18(28-2)12-16(17)22(26)30-11-7-6-10-23-20(24)14-8-4-5-9-15(14)21(23)25/h4-5,8-9,12-13H,6-7,10-11H2,1-3H3. The minimum absolute atomic E-state index is 0.138. The smallest absolute Gasteiger partial charge is 0.342 e. The molecule has 1 aliphatic heterocycles. The van der Waals surface area contributed by atoms with Gasteiger partial charge in [0.2, 0.25) is 0 Å². The number of fused-ring (bicyclic) bond motifs is 1. The number of ether oxygens (including phenoxy) is 4. The Bertz CT molecular complexity index is 935. The van der Waals surface area contributed by atoms with Crippen molar-refractivity contribution < 1.29 is 33.3 Å². The van der Waals surface area contributed by atoms with Gasteiger partial charge in [0.1, 0.15) is 11.3 Å². The minimum Gasteiger partial charge on any atom is -0.496 e. The summed E-state index contributed by atoms with van der Waals surface area (Å²) in [5.74, 6) is -0.00903. The van der Waals surface area contributed by atoms with Crippen LogP contribution in [0.15, 0.2) is 36.4 Å². The molecule has 1 aliphatic rings. The van der Waals surface area contributed by atoms with Crippen LogP contribution < -0.4 is 14.2 Å². The van der Waals surface area contributed by atoms with E-state index in [-0.39, 0.29) is 30.5 Å². The molecule has 0 N–H and O–H groups in total. The molecule has 3 rings (SSSR count). The van der Waals surface area contributed by atoms with E-state index in [1.54, 1.807) is 30.3 Å². The summed E-state index contributed by atoms with van der Waals surface area (Å²) in [6.45, 7) is 0.406. The van der Waals surface area contributed by atoms with Gasteiger partial charge in [0, 0.05) is 18.7 Å². The maximum absolute atomic E-state index is 12.4. The minimum atomic E-state index is -0.562. The summed E-state index contributed by atoms with van der Waals surface area (Å²) in [6, 6.07) is 9.81. The van der Waals surface area contributed by atoms with Gasteiger partial charge in [-0.1, -0.05) is 12.1 Å². The Labute approximate surface area is 174 Å². The molecule has 0 aliphatic carbocycles. The topological polar surface area (TPSA) is 91.4 Å². The highest BCUT2D eigenvalue weighted by Gasteiger charge is 2.34. The van der Waals surface area contributed by atoms with Gasteiger partial charge in [-0.15, -0.1) is 0 Å². The SMILES string of the molecule is COc1cc(OC)c(C(=O)OCCCCN2C(=O)c3ccccc3C2=O)cc1OC. The van der Waals surface area contributed by atoms with Crippen molar-refractivity contribution in [2.45, 2.75) is 12.8 Å². The predicted molar refractivity (Wildman–Crippen MR) is 107 cm³/mol. The van der Waals surface area contributed by atoms with Gasteiger partial charge in [0.25, 0.3) is 11.8 Å². The van der Waals surface area contributed by atoms with Crippen molar-refractivity contribution in [3.63, 3.8) is 0 Å². The molecule has 0 saturated carbocycles. The van der Waals surface area contributed by atoms with Crippen LogP contribution in [0.3, 0.4) is 0 Å². The molecule has 0 saturated heterocycles. The second kappa shape index (κ2) is 9.30. The summed E-state index contributed by atoms with van der Waals surface area (Å²) < 4.78 is 21.0. The van der Waals surface area contributed by atoms with E-state index in [9.17, 15) is 14.4 Å². The Morgan fingerprint density at radius 2 is 1.40 bits per heavy atom. The number of carbonyl (C=O) groups excluding carboxylic acids is 3. The largest absolute Gasteiger partial charge is 0.496 e. The lowest BCUT2D eigenvalue weighted by Gasteiger charge is -2.15. The van der Waals surface area contributed by atoms with Crippen molar-refractivity contribution in [1.82, 2.24) is 4.90 Å². The fourth-order valence-corrected chi connectivity index (χ4v) is 3.25. The highest BCUT2D eigenvalue weighted by atomic mass is 16.5. The van der Waals surface area contributed by atoms with Crippen LogP contribution in [0.25, 0.3) is 0 Å². The summed E-state index contributed by atoms with van der Waals surface area (Å²) in [5, 5.41) is 0. The molecule has 0 spiro atoms. The number of rotatable bonds is 9. The zero-order chi connectivity index (χ0) is 21.7. The number of methoxy groups -OCH3 is 3. The van der Waals surface area contributed by atoms with Gasteiger partial charge in [-0.05, 0) is 25.0 Å². The van der Waals surface area contributed by atoms with Gasteiger partial charge in [0.15, 0.2) is 11.5 Å². The Balaban J connectivity index is 1.52. The van der Waals surface area contributed by atoms with Crippen LogP contribution in [-0.2, 0) is 4.74 Å². The number of benzene rings is 2. The highest BCUT2D eigenvalue weighted by Crippen LogP contribution is 2.35. The quantitative estimate of drug-likeness (QED) is 0.355. The lowest BCUT2D eigenvalue weighted by molar-refractivity contribution is 0.0481. The molecule has 2 aromatic carbocycles. The van der Waals surface area contributed by atoms with E-state index >= 15 is 0 Å². The normalized spacial score (nSPS) is 12.6. The molecule has 8 heteroatoms. The van der Waals surface area contributed by atoms with Crippen molar-refractivity contribution in [2.24, 2.45) is 0 Å². The molecule has 2 aromatic rings. The molecule has 0 atom stereocenters. The molecular weight excluding hydrogens is 390 g/mol. The van der Waals surface area contributed by atoms with Crippen LogP contribution >= 0.6 is 0 Å². The summed E-state index contributed by atoms with van der Waals surface area (Å²) >= 11 is 0. The second-order valence-corrected chi connectivity index (χ2v) is 6.56. The Morgan fingerprint density at radius 3 is 1.97 bits per heavy atom. The number of amides is 2. The number of nitrogens with zero attached hydrogens (tertiary/aromatic N) is 1. The molecule has 8 nitrogen and oxygen atoms in total. The van der Waals surface area contributed by atoms with Gasteiger partial charge >= 0.3 is 5.97 Å². The molecule has 0 radical (unpaired) electrons. The summed E-state index contributed by atoms with van der Waals surface area (Å²) in [7, 11) is 4.41. The average molecular weight is 413 g/mol. The Kier molecular flexibility index (Phi) is 6.56. The van der Waals surface area contributed by atoms with E-state index in [4.69, 9.17) is 18.9 Å². The van der Waals surface area contributed by atoms with Crippen molar-refractivity contribution >= 4 is 17.8 Å². The van der Waals surface area contributed by atoms with Gasteiger partial charge in [-0.3, -0.25) is 14.5 Å². The first-order valence-corrected chi connectivity index (χ1v) is 9.44. The Hall–Kier alpha value is -3.55. The lowest BCUT2D eigenvalue weighted by Crippen LogP contribution is -2.30. The maximum Gasteiger partial charge on any atom is 0.342 e. The molecule has 0 fully saturated rings. The zero-order valence-corrected chi connectivity index (χ0v) is 17.1. The van der Waals surface area contributed by atoms with E-state index in [0.29, 0.717) is 41.2 Å². The van der Waals surface area contributed by atoms with Crippen LogP contribution in [-0.4, -0.2) is 57.2 Å². The van der Waals surface area contributed by atoms with E-state index < -0.39 is 5.97 Å². The van der Waals surface area contributed by atoms with E-state index in [1.807, 2.05) is 0 Å². The lowest BCUT2D eigenvalue weighted by atomic mass is 10.1. The first kappa shape index (κ1) is 21.2. The number of esters is 1. The zero-order valence-electron chi connectivity index (χ0n) is 17.1. The van der Waals surface area contributed by atoms with Crippen LogP contribution in [0.2, 0.25) is 0 Å². The van der Waals surface area contributed by atoms with Gasteiger partial charge in [0.05, 0.1) is 39.1 Å². The van der Waals surface area contributed by atoms with Crippen molar-refractivity contribution in [3.05, 3.63) is 53.1 Å². The summed E-state index contributed by atoms with van der Waals surface area (Å²) in [6.07, 6.45) is 1.01. The van der Waals surface area contributed by atoms with Crippen molar-refractivity contribution in [1.29, 1.82) is 0 Å². The molecule has 0 bridgehead atoms. The molecule has 0 aromatic heterocycles. The fraction of sp³-hybridized carbons (Fsp3) is 0.318. The van der Waals surface area contributed by atoms with Crippen LogP contribution in [0.4, 0.5) is 0 Å². The molecule has 30 heavy (non-hydrogen) atoms. The predicted octanol–water partition coefficient (Wildman–Crippen LogP) is 2.95. The van der Waals surface area contributed by atoms with Gasteiger partial charge < -0.3 is 18.9 Å². The number of carbonyl (C=O) groups is 3. The number of unbranched alkanes of at least 4 members (excludes halogenated alkanes) is 1. The van der Waals surface area contributed by atoms with E-state index in [1.165, 1.54) is 32.3 Å². The molecular formula is C22H23NO7. The van der Waals surface area contributed by atoms with Gasteiger partial charge in [-0.25, -0.2) is 4.79 Å². The first-order valence-electron chi connectivity index (χ1n) is 9.44. The molecule has 158 valence electrons. The first-order chi connectivity index (χ1) is 14.5. The number of imide groups is 1. The fourth-order valence-electron chi connectivity index (χ4n) is 3.25. The Morgan fingerprint density at radius 1 is 0.833 bits per heavy atom. The van der Waals surface area contributed by atoms with Crippen LogP contribution in [0.1, 0.15) is 43.9 Å². The average Bonchev–Trinajstić information content (AvgIpc) is 3.02. The van der Waals surface area contributed by atoms with E-state index in [0.717, 1.165) is 0 Å².